The van der Waals surface area contributed by atoms with Crippen LogP contribution in [0.1, 0.15) is 27.7 Å². The van der Waals surface area contributed by atoms with Gasteiger partial charge in [-0.15, -0.1) is 0 Å². The van der Waals surface area contributed by atoms with Crippen LogP contribution in [0.25, 0.3) is 0 Å². The van der Waals surface area contributed by atoms with Gasteiger partial charge in [-0.05, 0) is 39.8 Å². The van der Waals surface area contributed by atoms with Crippen molar-refractivity contribution in [3.05, 3.63) is 41.3 Å². The van der Waals surface area contributed by atoms with Gasteiger partial charge in [-0.25, -0.2) is 17.8 Å². The quantitative estimate of drug-likeness (QED) is 0.463. The number of nitrogens with one attached hydrogen (secondary N) is 1. The van der Waals surface area contributed by atoms with Gasteiger partial charge in [0.2, 0.25) is 0 Å². The van der Waals surface area contributed by atoms with E-state index in [2.05, 4.69) is 4.98 Å². The molecule has 0 aliphatic carbocycles. The van der Waals surface area contributed by atoms with Crippen molar-refractivity contribution >= 4 is 51.6 Å². The summed E-state index contributed by atoms with van der Waals surface area (Å²) in [5.74, 6) is -4.24. The molecule has 0 spiro atoms. The van der Waals surface area contributed by atoms with E-state index in [0.29, 0.717) is 7.05 Å². The van der Waals surface area contributed by atoms with Crippen LogP contribution in [-0.4, -0.2) is 50.9 Å². The van der Waals surface area contributed by atoms with Crippen molar-refractivity contribution in [2.24, 2.45) is 0 Å². The molecule has 1 aliphatic rings. The van der Waals surface area contributed by atoms with E-state index in [9.17, 15) is 26.4 Å². The molecule has 1 aliphatic heterocycles. The molecular formula is C20H21BClF4N3O5S. The lowest BCUT2D eigenvalue weighted by Gasteiger charge is -2.32. The minimum absolute atomic E-state index is 0.0159. The van der Waals surface area contributed by atoms with Crippen LogP contribution >= 0.6 is 11.6 Å². The van der Waals surface area contributed by atoms with Crippen LogP contribution in [0.15, 0.2) is 35.4 Å². The van der Waals surface area contributed by atoms with Crippen molar-refractivity contribution in [2.75, 3.05) is 16.7 Å². The fourth-order valence-corrected chi connectivity index (χ4v) is 4.62. The molecule has 190 valence electrons. The first-order valence-corrected chi connectivity index (χ1v) is 11.9. The van der Waals surface area contributed by atoms with E-state index in [0.717, 1.165) is 18.3 Å². The highest BCUT2D eigenvalue weighted by atomic mass is 35.5. The Labute approximate surface area is 204 Å². The second kappa shape index (κ2) is 8.91. The molecule has 1 fully saturated rings. The Morgan fingerprint density at radius 1 is 1.17 bits per heavy atom. The zero-order chi connectivity index (χ0) is 26.6. The number of hydrogen-bond acceptors (Lipinski definition) is 6. The van der Waals surface area contributed by atoms with Crippen LogP contribution in [0.3, 0.4) is 0 Å². The van der Waals surface area contributed by atoms with Gasteiger partial charge in [0.15, 0.2) is 5.82 Å². The van der Waals surface area contributed by atoms with Crippen LogP contribution in [0, 0.1) is 5.82 Å². The van der Waals surface area contributed by atoms with Gasteiger partial charge in [-0.1, -0.05) is 23.7 Å². The number of carbonyl (C=O) groups excluding carboxylic acids is 1. The molecule has 1 saturated heterocycles. The van der Waals surface area contributed by atoms with E-state index in [4.69, 9.17) is 20.9 Å². The Bertz CT molecular complexity index is 1260. The van der Waals surface area contributed by atoms with Crippen LogP contribution in [0.4, 0.5) is 29.1 Å². The number of alkyl halides is 3. The lowest BCUT2D eigenvalue weighted by atomic mass is 9.78. The van der Waals surface area contributed by atoms with Crippen molar-refractivity contribution in [3.63, 3.8) is 0 Å². The average molecular weight is 538 g/mol. The number of rotatable bonds is 5. The summed E-state index contributed by atoms with van der Waals surface area (Å²) in [7, 11) is -5.23. The predicted octanol–water partition coefficient (Wildman–Crippen LogP) is 3.50. The Kier molecular flexibility index (Phi) is 6.92. The maximum absolute atomic E-state index is 15.4. The van der Waals surface area contributed by atoms with Crippen molar-refractivity contribution in [3.8, 4) is 0 Å². The third-order valence-corrected chi connectivity index (χ3v) is 7.31. The van der Waals surface area contributed by atoms with Crippen LogP contribution in [0.2, 0.25) is 5.02 Å². The Hall–Kier alpha value is -2.42. The molecular weight excluding hydrogens is 517 g/mol. The number of aromatic nitrogens is 1. The standard InChI is InChI=1S/C20H21BClF4N3O5S/c1-18(2)19(3,4)34-21(33-18)12-7-6-8-13(15(12)23)28-35(31,32)14-9-11(22)10-27-16(14)29(5)17(30)20(24,25)26/h6-10,28H,1-5H3. The summed E-state index contributed by atoms with van der Waals surface area (Å²) in [5, 5.41) is -0.242. The minimum atomic E-state index is -5.30. The summed E-state index contributed by atoms with van der Waals surface area (Å²) < 4.78 is 93.8. The maximum Gasteiger partial charge on any atom is 0.497 e. The number of nitrogens with zero attached hydrogens (tertiary/aromatic N) is 2. The Morgan fingerprint density at radius 2 is 1.74 bits per heavy atom. The fourth-order valence-electron chi connectivity index (χ4n) is 3.13. The number of anilines is 2. The summed E-state index contributed by atoms with van der Waals surface area (Å²) in [6.07, 6.45) is -4.43. The molecule has 15 heteroatoms. The normalized spacial score (nSPS) is 17.4. The third kappa shape index (κ3) is 5.25. The fraction of sp³-hybridized carbons (Fsp3) is 0.400. The summed E-state index contributed by atoms with van der Waals surface area (Å²) in [4.78, 5) is 14.4. The first-order valence-electron chi connectivity index (χ1n) is 10.0. The van der Waals surface area contributed by atoms with Gasteiger partial charge in [-0.3, -0.25) is 14.4 Å². The summed E-state index contributed by atoms with van der Waals surface area (Å²) in [6, 6.07) is 4.58. The molecule has 1 aromatic carbocycles. The van der Waals surface area contributed by atoms with Gasteiger partial charge in [0.05, 0.1) is 21.9 Å². The number of benzene rings is 1. The molecule has 1 aromatic heterocycles. The van der Waals surface area contributed by atoms with Crippen LogP contribution in [0.5, 0.6) is 0 Å². The summed E-state index contributed by atoms with van der Waals surface area (Å²) in [5.41, 5.74) is -2.22. The van der Waals surface area contributed by atoms with E-state index in [1.54, 1.807) is 27.7 Å². The van der Waals surface area contributed by atoms with E-state index < -0.39 is 62.6 Å². The molecule has 1 amide bonds. The van der Waals surface area contributed by atoms with E-state index in [1.807, 2.05) is 4.72 Å². The lowest BCUT2D eigenvalue weighted by Crippen LogP contribution is -2.41. The maximum atomic E-state index is 15.4. The molecule has 0 radical (unpaired) electrons. The highest BCUT2D eigenvalue weighted by Crippen LogP contribution is 2.37. The van der Waals surface area contributed by atoms with Crippen molar-refractivity contribution in [1.82, 2.24) is 4.98 Å². The highest BCUT2D eigenvalue weighted by Gasteiger charge is 2.52. The SMILES string of the molecule is CN(C(=O)C(F)(F)F)c1ncc(Cl)cc1S(=O)(=O)Nc1cccc(B2OC(C)(C)C(C)(C)O2)c1F. The molecule has 8 nitrogen and oxygen atoms in total. The molecule has 2 aromatic rings. The first kappa shape index (κ1) is 27.2. The van der Waals surface area contributed by atoms with Crippen LogP contribution < -0.4 is 15.1 Å². The first-order chi connectivity index (χ1) is 15.9. The van der Waals surface area contributed by atoms with E-state index in [-0.39, 0.29) is 15.4 Å². The zero-order valence-electron chi connectivity index (χ0n) is 19.2. The number of pyridine rings is 1. The molecule has 0 unspecified atom stereocenters. The van der Waals surface area contributed by atoms with Crippen molar-refractivity contribution in [2.45, 2.75) is 50.0 Å². The van der Waals surface area contributed by atoms with Crippen molar-refractivity contribution in [1.29, 1.82) is 0 Å². The monoisotopic (exact) mass is 537 g/mol. The lowest BCUT2D eigenvalue weighted by molar-refractivity contribution is -0.170. The van der Waals surface area contributed by atoms with Gasteiger partial charge in [0, 0.05) is 18.7 Å². The highest BCUT2D eigenvalue weighted by molar-refractivity contribution is 7.92. The molecule has 3 rings (SSSR count). The third-order valence-electron chi connectivity index (χ3n) is 5.73. The molecule has 35 heavy (non-hydrogen) atoms. The Morgan fingerprint density at radius 3 is 2.29 bits per heavy atom. The number of hydrogen-bond donors (Lipinski definition) is 1. The van der Waals surface area contributed by atoms with E-state index in [1.165, 1.54) is 12.1 Å². The number of carbonyl (C=O) groups is 1. The number of amides is 1. The molecule has 2 heterocycles. The Balaban J connectivity index is 2.00. The topological polar surface area (TPSA) is 97.8 Å². The number of halogens is 5. The van der Waals surface area contributed by atoms with Gasteiger partial charge in [0.1, 0.15) is 10.7 Å². The molecule has 0 atom stereocenters. The molecule has 0 saturated carbocycles. The molecule has 0 bridgehead atoms. The number of sulfonamides is 1. The minimum Gasteiger partial charge on any atom is -0.399 e. The van der Waals surface area contributed by atoms with Gasteiger partial charge < -0.3 is 9.31 Å². The van der Waals surface area contributed by atoms with Gasteiger partial charge >= 0.3 is 19.2 Å². The van der Waals surface area contributed by atoms with Gasteiger partial charge in [0.25, 0.3) is 10.0 Å². The zero-order valence-corrected chi connectivity index (χ0v) is 20.8. The second-order valence-corrected chi connectivity index (χ2v) is 10.8. The smallest absolute Gasteiger partial charge is 0.399 e. The average Bonchev–Trinajstić information content (AvgIpc) is 2.94. The summed E-state index contributed by atoms with van der Waals surface area (Å²) >= 11 is 5.81. The summed E-state index contributed by atoms with van der Waals surface area (Å²) in [6.45, 7) is 7.02. The predicted molar refractivity (Wildman–Crippen MR) is 122 cm³/mol. The van der Waals surface area contributed by atoms with Crippen LogP contribution in [-0.2, 0) is 24.1 Å². The largest absolute Gasteiger partial charge is 0.497 e. The second-order valence-electron chi connectivity index (χ2n) is 8.74. The van der Waals surface area contributed by atoms with Gasteiger partial charge in [-0.2, -0.15) is 13.2 Å². The van der Waals surface area contributed by atoms with Crippen molar-refractivity contribution < 1.29 is 40.1 Å². The molecule has 1 N–H and O–H groups in total. The van der Waals surface area contributed by atoms with E-state index >= 15 is 4.39 Å².